The smallest absolute Gasteiger partial charge is 0.278 e. The Balaban J connectivity index is 1.70. The number of fused-ring (bicyclic) bond motifs is 3. The number of carbonyl (C=O) groups is 1. The summed E-state index contributed by atoms with van der Waals surface area (Å²) in [4.78, 5) is 12.9. The lowest BCUT2D eigenvalue weighted by atomic mass is 9.97. The standard InChI is InChI=1S/C19H18N2O4/c1-23-12-6-4-11(5-7-12)14-10-15-13-8-9-16(24-2)18(25-3)17(13)19(22)21(15)20-14/h4-9,15H,10H2,1-3H3/t15-/m1/s1. The summed E-state index contributed by atoms with van der Waals surface area (Å²) in [5, 5.41) is 6.11. The van der Waals surface area contributed by atoms with Crippen LogP contribution < -0.4 is 14.2 Å². The molecule has 2 aromatic rings. The van der Waals surface area contributed by atoms with Crippen molar-refractivity contribution < 1.29 is 19.0 Å². The Labute approximate surface area is 145 Å². The predicted molar refractivity (Wildman–Crippen MR) is 92.6 cm³/mol. The zero-order chi connectivity index (χ0) is 17.6. The van der Waals surface area contributed by atoms with Crippen molar-refractivity contribution in [1.82, 2.24) is 5.01 Å². The normalized spacial score (nSPS) is 17.9. The van der Waals surface area contributed by atoms with Crippen LogP contribution >= 0.6 is 0 Å². The van der Waals surface area contributed by atoms with Gasteiger partial charge in [0.15, 0.2) is 11.5 Å². The van der Waals surface area contributed by atoms with E-state index < -0.39 is 0 Å². The largest absolute Gasteiger partial charge is 0.497 e. The number of hydrogen-bond donors (Lipinski definition) is 0. The van der Waals surface area contributed by atoms with E-state index in [1.165, 1.54) is 0 Å². The third kappa shape index (κ3) is 2.25. The molecule has 0 aliphatic carbocycles. The Morgan fingerprint density at radius 2 is 1.76 bits per heavy atom. The number of benzene rings is 2. The molecular weight excluding hydrogens is 320 g/mol. The topological polar surface area (TPSA) is 60.4 Å². The molecule has 0 spiro atoms. The summed E-state index contributed by atoms with van der Waals surface area (Å²) in [6, 6.07) is 11.4. The summed E-state index contributed by atoms with van der Waals surface area (Å²) < 4.78 is 15.9. The van der Waals surface area contributed by atoms with Gasteiger partial charge < -0.3 is 14.2 Å². The van der Waals surface area contributed by atoms with Gasteiger partial charge in [-0.25, -0.2) is 5.01 Å². The summed E-state index contributed by atoms with van der Waals surface area (Å²) in [5.41, 5.74) is 3.35. The molecule has 2 aromatic carbocycles. The number of ether oxygens (including phenoxy) is 3. The molecular formula is C19H18N2O4. The molecule has 1 amide bonds. The Kier molecular flexibility index (Phi) is 3.60. The molecule has 128 valence electrons. The van der Waals surface area contributed by atoms with Gasteiger partial charge in [-0.15, -0.1) is 0 Å². The highest BCUT2D eigenvalue weighted by molar-refractivity contribution is 6.09. The van der Waals surface area contributed by atoms with E-state index in [1.807, 2.05) is 36.4 Å². The molecule has 0 saturated carbocycles. The Hall–Kier alpha value is -3.02. The van der Waals surface area contributed by atoms with E-state index in [4.69, 9.17) is 14.2 Å². The lowest BCUT2D eigenvalue weighted by Crippen LogP contribution is -2.18. The van der Waals surface area contributed by atoms with Crippen LogP contribution in [0.15, 0.2) is 41.5 Å². The highest BCUT2D eigenvalue weighted by Gasteiger charge is 2.44. The first-order chi connectivity index (χ1) is 12.2. The number of rotatable bonds is 4. The second-order valence-electron chi connectivity index (χ2n) is 5.91. The van der Waals surface area contributed by atoms with Crippen LogP contribution in [0.25, 0.3) is 0 Å². The van der Waals surface area contributed by atoms with Gasteiger partial charge in [-0.05, 0) is 41.5 Å². The van der Waals surface area contributed by atoms with E-state index in [1.54, 1.807) is 26.3 Å². The summed E-state index contributed by atoms with van der Waals surface area (Å²) in [7, 11) is 4.74. The number of hydrogen-bond acceptors (Lipinski definition) is 5. The van der Waals surface area contributed by atoms with Crippen LogP contribution in [0.3, 0.4) is 0 Å². The molecule has 2 aliphatic heterocycles. The van der Waals surface area contributed by atoms with Crippen molar-refractivity contribution in [1.29, 1.82) is 0 Å². The third-order valence-corrected chi connectivity index (χ3v) is 4.69. The minimum Gasteiger partial charge on any atom is -0.497 e. The Bertz CT molecular complexity index is 874. The summed E-state index contributed by atoms with van der Waals surface area (Å²) in [5.74, 6) is 1.66. The fraction of sp³-hybridized carbons (Fsp3) is 0.263. The molecule has 0 bridgehead atoms. The maximum atomic E-state index is 12.9. The molecule has 0 radical (unpaired) electrons. The summed E-state index contributed by atoms with van der Waals surface area (Å²) >= 11 is 0. The second kappa shape index (κ2) is 5.81. The van der Waals surface area contributed by atoms with Crippen molar-refractivity contribution in [2.45, 2.75) is 12.5 Å². The van der Waals surface area contributed by atoms with Crippen molar-refractivity contribution in [3.05, 3.63) is 53.1 Å². The van der Waals surface area contributed by atoms with Gasteiger partial charge in [-0.1, -0.05) is 6.07 Å². The highest BCUT2D eigenvalue weighted by Crippen LogP contribution is 2.47. The summed E-state index contributed by atoms with van der Waals surface area (Å²) in [6.07, 6.45) is 0.667. The van der Waals surface area contributed by atoms with Gasteiger partial charge in [0, 0.05) is 6.42 Å². The molecule has 0 fully saturated rings. The van der Waals surface area contributed by atoms with E-state index in [0.717, 1.165) is 22.6 Å². The molecule has 0 N–H and O–H groups in total. The number of methoxy groups -OCH3 is 3. The van der Waals surface area contributed by atoms with E-state index in [9.17, 15) is 4.79 Å². The first kappa shape index (κ1) is 15.5. The molecule has 0 aromatic heterocycles. The number of nitrogens with zero attached hydrogens (tertiary/aromatic N) is 2. The van der Waals surface area contributed by atoms with E-state index in [-0.39, 0.29) is 11.9 Å². The molecule has 6 nitrogen and oxygen atoms in total. The van der Waals surface area contributed by atoms with Gasteiger partial charge in [0.1, 0.15) is 5.75 Å². The van der Waals surface area contributed by atoms with Crippen molar-refractivity contribution in [3.63, 3.8) is 0 Å². The fourth-order valence-corrected chi connectivity index (χ4v) is 3.45. The zero-order valence-electron chi connectivity index (χ0n) is 14.3. The lowest BCUT2D eigenvalue weighted by molar-refractivity contribution is 0.0753. The molecule has 2 heterocycles. The summed E-state index contributed by atoms with van der Waals surface area (Å²) in [6.45, 7) is 0. The predicted octanol–water partition coefficient (Wildman–Crippen LogP) is 3.02. The monoisotopic (exact) mass is 338 g/mol. The zero-order valence-corrected chi connectivity index (χ0v) is 14.3. The maximum Gasteiger partial charge on any atom is 0.278 e. The number of amides is 1. The lowest BCUT2D eigenvalue weighted by Gasteiger charge is -2.12. The molecule has 6 heteroatoms. The van der Waals surface area contributed by atoms with Crippen LogP contribution in [0.5, 0.6) is 17.2 Å². The van der Waals surface area contributed by atoms with Crippen LogP contribution in [0, 0.1) is 0 Å². The Morgan fingerprint density at radius 1 is 1.00 bits per heavy atom. The number of carbonyl (C=O) groups excluding carboxylic acids is 1. The van der Waals surface area contributed by atoms with Crippen molar-refractivity contribution in [2.75, 3.05) is 21.3 Å². The van der Waals surface area contributed by atoms with Crippen LogP contribution in [0.1, 0.15) is 33.9 Å². The van der Waals surface area contributed by atoms with Crippen molar-refractivity contribution in [2.24, 2.45) is 5.10 Å². The van der Waals surface area contributed by atoms with Gasteiger partial charge in [0.2, 0.25) is 0 Å². The van der Waals surface area contributed by atoms with Crippen molar-refractivity contribution in [3.8, 4) is 17.2 Å². The van der Waals surface area contributed by atoms with Crippen molar-refractivity contribution >= 4 is 11.6 Å². The molecule has 2 aliphatic rings. The van der Waals surface area contributed by atoms with Gasteiger partial charge in [0.25, 0.3) is 5.91 Å². The molecule has 25 heavy (non-hydrogen) atoms. The minimum atomic E-state index is -0.153. The second-order valence-corrected chi connectivity index (χ2v) is 5.91. The van der Waals surface area contributed by atoms with Gasteiger partial charge in [0.05, 0.1) is 38.6 Å². The van der Waals surface area contributed by atoms with Gasteiger partial charge >= 0.3 is 0 Å². The van der Waals surface area contributed by atoms with Crippen LogP contribution in [-0.4, -0.2) is 38.0 Å². The van der Waals surface area contributed by atoms with E-state index in [2.05, 4.69) is 5.10 Å². The molecule has 0 unspecified atom stereocenters. The van der Waals surface area contributed by atoms with Crippen LogP contribution in [0.2, 0.25) is 0 Å². The average Bonchev–Trinajstić information content (AvgIpc) is 3.20. The fourth-order valence-electron chi connectivity index (χ4n) is 3.45. The van der Waals surface area contributed by atoms with Crippen LogP contribution in [0.4, 0.5) is 0 Å². The Morgan fingerprint density at radius 3 is 2.40 bits per heavy atom. The molecule has 0 saturated heterocycles. The molecule has 1 atom stereocenters. The quantitative estimate of drug-likeness (QED) is 0.860. The minimum absolute atomic E-state index is 0.0978. The first-order valence-corrected chi connectivity index (χ1v) is 7.98. The van der Waals surface area contributed by atoms with Gasteiger partial charge in [-0.2, -0.15) is 5.10 Å². The van der Waals surface area contributed by atoms with Crippen LogP contribution in [-0.2, 0) is 0 Å². The first-order valence-electron chi connectivity index (χ1n) is 7.98. The third-order valence-electron chi connectivity index (χ3n) is 4.69. The highest BCUT2D eigenvalue weighted by atomic mass is 16.5. The SMILES string of the molecule is COc1ccc(C2=NN3C(=O)c4c(ccc(OC)c4OC)[C@H]3C2)cc1. The average molecular weight is 338 g/mol. The van der Waals surface area contributed by atoms with Gasteiger partial charge in [-0.3, -0.25) is 4.79 Å². The van der Waals surface area contributed by atoms with E-state index in [0.29, 0.717) is 23.5 Å². The molecule has 4 rings (SSSR count). The van der Waals surface area contributed by atoms with E-state index >= 15 is 0 Å². The maximum absolute atomic E-state index is 12.9. The number of hydrazone groups is 1.